The molecule has 0 atom stereocenters. The van der Waals surface area contributed by atoms with Crippen molar-refractivity contribution in [3.8, 4) is 0 Å². The van der Waals surface area contributed by atoms with Gasteiger partial charge in [0.1, 0.15) is 11.6 Å². The van der Waals surface area contributed by atoms with Crippen LogP contribution >= 0.6 is 0 Å². The fraction of sp³-hybridized carbons (Fsp3) is 0.333. The summed E-state index contributed by atoms with van der Waals surface area (Å²) in [7, 11) is -0.615. The number of fused-ring (bicyclic) bond motifs is 1. The molecule has 0 saturated heterocycles. The van der Waals surface area contributed by atoms with E-state index in [2.05, 4.69) is 15.6 Å². The van der Waals surface area contributed by atoms with Gasteiger partial charge in [-0.1, -0.05) is 6.92 Å². The van der Waals surface area contributed by atoms with Crippen molar-refractivity contribution in [2.24, 2.45) is 0 Å². The van der Waals surface area contributed by atoms with Crippen LogP contribution in [0, 0.1) is 5.82 Å². The van der Waals surface area contributed by atoms with Gasteiger partial charge in [0, 0.05) is 33.3 Å². The zero-order valence-electron chi connectivity index (χ0n) is 17.9. The summed E-state index contributed by atoms with van der Waals surface area (Å²) < 4.78 is 42.3. The third-order valence-electron chi connectivity index (χ3n) is 4.75. The van der Waals surface area contributed by atoms with E-state index in [0.29, 0.717) is 23.6 Å². The van der Waals surface area contributed by atoms with Crippen LogP contribution in [0.4, 0.5) is 15.8 Å². The molecule has 8 nitrogen and oxygen atoms in total. The number of carbonyl (C=O) groups excluding carboxylic acids is 1. The third kappa shape index (κ3) is 4.86. The third-order valence-corrected chi connectivity index (χ3v) is 6.56. The van der Waals surface area contributed by atoms with Crippen molar-refractivity contribution in [2.75, 3.05) is 24.7 Å². The van der Waals surface area contributed by atoms with Gasteiger partial charge in [-0.2, -0.15) is 0 Å². The predicted molar refractivity (Wildman–Crippen MR) is 119 cm³/mol. The van der Waals surface area contributed by atoms with Gasteiger partial charge in [0.05, 0.1) is 28.2 Å². The van der Waals surface area contributed by atoms with E-state index in [1.54, 1.807) is 18.2 Å². The van der Waals surface area contributed by atoms with Crippen LogP contribution in [0.3, 0.4) is 0 Å². The largest absolute Gasteiger partial charge is 0.375 e. The minimum atomic E-state index is -3.58. The molecule has 1 heterocycles. The minimum Gasteiger partial charge on any atom is -0.375 e. The maximum absolute atomic E-state index is 14.2. The van der Waals surface area contributed by atoms with Gasteiger partial charge in [0.15, 0.2) is 0 Å². The molecule has 0 aliphatic heterocycles. The molecule has 3 aromatic rings. The van der Waals surface area contributed by atoms with Gasteiger partial charge in [0.25, 0.3) is 0 Å². The van der Waals surface area contributed by atoms with E-state index in [0.717, 1.165) is 16.2 Å². The molecule has 2 N–H and O–H groups in total. The van der Waals surface area contributed by atoms with Crippen molar-refractivity contribution < 1.29 is 17.6 Å². The minimum absolute atomic E-state index is 0.166. The number of imidazole rings is 1. The number of nitrogens with zero attached hydrogens (tertiary/aromatic N) is 3. The lowest BCUT2D eigenvalue weighted by molar-refractivity contribution is -0.114. The van der Waals surface area contributed by atoms with E-state index >= 15 is 0 Å². The van der Waals surface area contributed by atoms with Gasteiger partial charge in [-0.3, -0.25) is 4.79 Å². The first-order valence-electron chi connectivity index (χ1n) is 9.86. The molecule has 10 heteroatoms. The lowest BCUT2D eigenvalue weighted by atomic mass is 10.2. The van der Waals surface area contributed by atoms with Crippen LogP contribution in [0.2, 0.25) is 0 Å². The fourth-order valence-corrected chi connectivity index (χ4v) is 4.18. The summed E-state index contributed by atoms with van der Waals surface area (Å²) in [6.07, 6.45) is 0.850. The molecule has 1 aromatic heterocycles. The average molecular weight is 448 g/mol. The van der Waals surface area contributed by atoms with E-state index in [9.17, 15) is 17.6 Å². The van der Waals surface area contributed by atoms with Gasteiger partial charge in [0.2, 0.25) is 15.9 Å². The number of rotatable bonds is 8. The summed E-state index contributed by atoms with van der Waals surface area (Å²) in [6.45, 7) is 4.32. The van der Waals surface area contributed by atoms with E-state index in [4.69, 9.17) is 0 Å². The highest BCUT2D eigenvalue weighted by atomic mass is 32.2. The molecule has 0 radical (unpaired) electrons. The summed E-state index contributed by atoms with van der Waals surface area (Å²) in [5.41, 5.74) is 2.08. The molecule has 31 heavy (non-hydrogen) atoms. The molecule has 166 valence electrons. The Hall–Kier alpha value is -2.98. The van der Waals surface area contributed by atoms with Gasteiger partial charge in [-0.25, -0.2) is 22.1 Å². The van der Waals surface area contributed by atoms with E-state index in [1.165, 1.54) is 39.2 Å². The number of aromatic nitrogens is 2. The van der Waals surface area contributed by atoms with Crippen LogP contribution < -0.4 is 10.6 Å². The Bertz CT molecular complexity index is 1220. The molecule has 0 spiro atoms. The number of hydrogen-bond donors (Lipinski definition) is 2. The Labute approximate surface area is 181 Å². The van der Waals surface area contributed by atoms with Crippen LogP contribution in [0.25, 0.3) is 11.0 Å². The number of benzene rings is 2. The Kier molecular flexibility index (Phi) is 6.61. The van der Waals surface area contributed by atoms with Crippen molar-refractivity contribution in [3.05, 3.63) is 48.0 Å². The molecular weight excluding hydrogens is 421 g/mol. The number of aryl methyl sites for hydroxylation is 1. The van der Waals surface area contributed by atoms with Crippen molar-refractivity contribution in [2.45, 2.75) is 38.3 Å². The Morgan fingerprint density at radius 2 is 1.94 bits per heavy atom. The molecule has 3 rings (SSSR count). The number of hydrogen-bond acceptors (Lipinski definition) is 5. The van der Waals surface area contributed by atoms with E-state index in [1.807, 2.05) is 11.5 Å². The maximum Gasteiger partial charge on any atom is 0.242 e. The fourth-order valence-electron chi connectivity index (χ4n) is 3.25. The molecule has 0 saturated carbocycles. The van der Waals surface area contributed by atoms with E-state index in [-0.39, 0.29) is 23.0 Å². The van der Waals surface area contributed by atoms with Crippen LogP contribution in [-0.2, 0) is 27.9 Å². The van der Waals surface area contributed by atoms with Crippen molar-refractivity contribution in [1.82, 2.24) is 13.9 Å². The number of sulfonamides is 1. The molecule has 1 amide bonds. The van der Waals surface area contributed by atoms with E-state index < -0.39 is 15.8 Å². The van der Waals surface area contributed by atoms with Gasteiger partial charge < -0.3 is 15.2 Å². The highest BCUT2D eigenvalue weighted by Crippen LogP contribution is 2.24. The Morgan fingerprint density at radius 1 is 1.19 bits per heavy atom. The molecule has 0 aliphatic carbocycles. The normalized spacial score (nSPS) is 11.8. The molecule has 0 bridgehead atoms. The Balaban J connectivity index is 1.95. The van der Waals surface area contributed by atoms with Gasteiger partial charge >= 0.3 is 0 Å². The molecule has 0 aliphatic rings. The first-order valence-corrected chi connectivity index (χ1v) is 11.3. The summed E-state index contributed by atoms with van der Waals surface area (Å²) in [5.74, 6) is -0.0435. The van der Waals surface area contributed by atoms with Crippen molar-refractivity contribution >= 4 is 38.3 Å². The number of nitrogens with one attached hydrogen (secondary N) is 2. The first-order chi connectivity index (χ1) is 14.6. The van der Waals surface area contributed by atoms with Crippen LogP contribution in [-0.4, -0.2) is 42.3 Å². The SMILES string of the molecule is CCCn1c(CNc2cc(NC(C)=O)ccc2F)nc2cc(S(=O)(=O)N(C)C)ccc21. The second kappa shape index (κ2) is 9.03. The summed E-state index contributed by atoms with van der Waals surface area (Å²) in [6, 6.07) is 9.15. The second-order valence-electron chi connectivity index (χ2n) is 7.35. The zero-order valence-corrected chi connectivity index (χ0v) is 18.8. The zero-order chi connectivity index (χ0) is 22.8. The monoisotopic (exact) mass is 447 g/mol. The summed E-state index contributed by atoms with van der Waals surface area (Å²) >= 11 is 0. The number of anilines is 2. The van der Waals surface area contributed by atoms with Gasteiger partial charge in [-0.15, -0.1) is 0 Å². The number of carbonyl (C=O) groups is 1. The molecular formula is C21H26FN5O3S. The number of halogens is 1. The summed E-state index contributed by atoms with van der Waals surface area (Å²) in [4.78, 5) is 16.0. The maximum atomic E-state index is 14.2. The standard InChI is InChI=1S/C21H26FN5O3S/c1-5-10-27-20-9-7-16(31(29,30)26(3)4)12-19(20)25-21(27)13-23-18-11-15(24-14(2)28)6-8-17(18)22/h6-9,11-12,23H,5,10,13H2,1-4H3,(H,24,28). The quantitative estimate of drug-likeness (QED) is 0.552. The summed E-state index contributed by atoms with van der Waals surface area (Å²) in [5, 5.41) is 5.66. The average Bonchev–Trinajstić information content (AvgIpc) is 3.05. The smallest absolute Gasteiger partial charge is 0.242 e. The molecule has 0 fully saturated rings. The lowest BCUT2D eigenvalue weighted by Gasteiger charge is -2.12. The van der Waals surface area contributed by atoms with Crippen LogP contribution in [0.5, 0.6) is 0 Å². The van der Waals surface area contributed by atoms with Crippen LogP contribution in [0.15, 0.2) is 41.3 Å². The number of amides is 1. The van der Waals surface area contributed by atoms with Crippen molar-refractivity contribution in [3.63, 3.8) is 0 Å². The van der Waals surface area contributed by atoms with Gasteiger partial charge in [-0.05, 0) is 42.8 Å². The highest BCUT2D eigenvalue weighted by Gasteiger charge is 2.19. The second-order valence-corrected chi connectivity index (χ2v) is 9.50. The first kappa shape index (κ1) is 22.7. The topological polar surface area (TPSA) is 96.3 Å². The Morgan fingerprint density at radius 3 is 2.58 bits per heavy atom. The lowest BCUT2D eigenvalue weighted by Crippen LogP contribution is -2.22. The molecule has 0 unspecified atom stereocenters. The predicted octanol–water partition coefficient (Wildman–Crippen LogP) is 3.41. The molecule has 2 aromatic carbocycles. The van der Waals surface area contributed by atoms with Crippen LogP contribution in [0.1, 0.15) is 26.1 Å². The highest BCUT2D eigenvalue weighted by molar-refractivity contribution is 7.89. The van der Waals surface area contributed by atoms with Crippen molar-refractivity contribution in [1.29, 1.82) is 0 Å².